The molecule has 154 valence electrons. The molecule has 0 radical (unpaired) electrons. The predicted octanol–water partition coefficient (Wildman–Crippen LogP) is 3.10. The second-order valence-electron chi connectivity index (χ2n) is 8.24. The fourth-order valence-electron chi connectivity index (χ4n) is 4.77. The molecular formula is C21H27N5O2S. The zero-order valence-electron chi connectivity index (χ0n) is 16.8. The van der Waals surface area contributed by atoms with E-state index in [0.29, 0.717) is 22.3 Å². The lowest BCUT2D eigenvalue weighted by atomic mass is 9.84. The van der Waals surface area contributed by atoms with Crippen molar-refractivity contribution in [1.82, 2.24) is 20.1 Å². The highest BCUT2D eigenvalue weighted by Crippen LogP contribution is 2.49. The first-order chi connectivity index (χ1) is 14.0. The van der Waals surface area contributed by atoms with Crippen LogP contribution in [-0.4, -0.2) is 38.4 Å². The van der Waals surface area contributed by atoms with Crippen molar-refractivity contribution in [3.05, 3.63) is 36.2 Å². The first kappa shape index (κ1) is 19.9. The standard InChI is InChI=1S/C21H27N5O2S/c1-13(18-9-14-6-7-15(18)8-14)23-20(28)16-4-3-5-17(10-16)24-19(27)11-29-21-25-22-12-26(21)2/h3-5,10,12-15,18H,6-9,11H2,1-2H3,(H,23,28)(H,24,27). The summed E-state index contributed by atoms with van der Waals surface area (Å²) in [5.41, 5.74) is 1.19. The molecule has 1 heterocycles. The maximum atomic E-state index is 12.7. The van der Waals surface area contributed by atoms with E-state index in [0.717, 1.165) is 11.8 Å². The molecule has 7 nitrogen and oxygen atoms in total. The van der Waals surface area contributed by atoms with E-state index < -0.39 is 0 Å². The summed E-state index contributed by atoms with van der Waals surface area (Å²) >= 11 is 1.32. The minimum atomic E-state index is -0.147. The molecule has 0 saturated heterocycles. The van der Waals surface area contributed by atoms with Crippen molar-refractivity contribution in [3.63, 3.8) is 0 Å². The van der Waals surface area contributed by atoms with E-state index in [-0.39, 0.29) is 23.6 Å². The molecule has 2 aromatic rings. The van der Waals surface area contributed by atoms with Crippen molar-refractivity contribution in [2.45, 2.75) is 43.8 Å². The van der Waals surface area contributed by atoms with Crippen LogP contribution in [0.4, 0.5) is 5.69 Å². The molecule has 2 bridgehead atoms. The van der Waals surface area contributed by atoms with Crippen LogP contribution in [0.15, 0.2) is 35.7 Å². The van der Waals surface area contributed by atoms with E-state index >= 15 is 0 Å². The lowest BCUT2D eigenvalue weighted by Gasteiger charge is -2.28. The summed E-state index contributed by atoms with van der Waals surface area (Å²) in [6.07, 6.45) is 6.84. The van der Waals surface area contributed by atoms with Gasteiger partial charge in [0.25, 0.3) is 5.91 Å². The van der Waals surface area contributed by atoms with Crippen LogP contribution in [0.1, 0.15) is 43.0 Å². The molecule has 2 fully saturated rings. The number of carbonyl (C=O) groups excluding carboxylic acids is 2. The van der Waals surface area contributed by atoms with Crippen molar-refractivity contribution in [3.8, 4) is 0 Å². The first-order valence-electron chi connectivity index (χ1n) is 10.2. The first-order valence-corrected chi connectivity index (χ1v) is 11.2. The summed E-state index contributed by atoms with van der Waals surface area (Å²) < 4.78 is 1.76. The lowest BCUT2D eigenvalue weighted by Crippen LogP contribution is -2.40. The molecular weight excluding hydrogens is 386 g/mol. The van der Waals surface area contributed by atoms with Gasteiger partial charge in [-0.2, -0.15) is 0 Å². The van der Waals surface area contributed by atoms with Gasteiger partial charge in [-0.05, 0) is 62.1 Å². The molecule has 2 aliphatic carbocycles. The van der Waals surface area contributed by atoms with Gasteiger partial charge in [0.15, 0.2) is 5.16 Å². The number of thioether (sulfide) groups is 1. The highest BCUT2D eigenvalue weighted by Gasteiger charge is 2.42. The van der Waals surface area contributed by atoms with Crippen LogP contribution in [0.2, 0.25) is 0 Å². The molecule has 2 saturated carbocycles. The van der Waals surface area contributed by atoms with E-state index in [9.17, 15) is 9.59 Å². The van der Waals surface area contributed by atoms with Gasteiger partial charge in [0.2, 0.25) is 5.91 Å². The van der Waals surface area contributed by atoms with Gasteiger partial charge in [-0.3, -0.25) is 9.59 Å². The Morgan fingerprint density at radius 2 is 2.17 bits per heavy atom. The molecule has 1 aromatic heterocycles. The molecule has 2 N–H and O–H groups in total. The topological polar surface area (TPSA) is 88.9 Å². The van der Waals surface area contributed by atoms with E-state index in [1.807, 2.05) is 7.05 Å². The third-order valence-corrected chi connectivity index (χ3v) is 7.24. The Balaban J connectivity index is 1.31. The lowest BCUT2D eigenvalue weighted by molar-refractivity contribution is -0.113. The van der Waals surface area contributed by atoms with Gasteiger partial charge in [0.1, 0.15) is 6.33 Å². The highest BCUT2D eigenvalue weighted by atomic mass is 32.2. The van der Waals surface area contributed by atoms with Crippen LogP contribution >= 0.6 is 11.8 Å². The molecule has 29 heavy (non-hydrogen) atoms. The summed E-state index contributed by atoms with van der Waals surface area (Å²) in [5.74, 6) is 2.23. The average molecular weight is 414 g/mol. The minimum Gasteiger partial charge on any atom is -0.349 e. The van der Waals surface area contributed by atoms with Crippen molar-refractivity contribution in [1.29, 1.82) is 0 Å². The Labute approximate surface area is 175 Å². The number of amides is 2. The number of fused-ring (bicyclic) bond motifs is 2. The number of hydrogen-bond donors (Lipinski definition) is 2. The molecule has 2 amide bonds. The van der Waals surface area contributed by atoms with Gasteiger partial charge in [0, 0.05) is 24.3 Å². The van der Waals surface area contributed by atoms with Gasteiger partial charge in [-0.25, -0.2) is 0 Å². The number of rotatable bonds is 7. The third-order valence-electron chi connectivity index (χ3n) is 6.20. The van der Waals surface area contributed by atoms with Crippen molar-refractivity contribution < 1.29 is 9.59 Å². The van der Waals surface area contributed by atoms with Gasteiger partial charge in [-0.15, -0.1) is 10.2 Å². The number of aryl methyl sites for hydroxylation is 1. The number of benzene rings is 1. The smallest absolute Gasteiger partial charge is 0.251 e. The largest absolute Gasteiger partial charge is 0.349 e. The summed E-state index contributed by atoms with van der Waals surface area (Å²) in [5, 5.41) is 14.5. The Kier molecular flexibility index (Phi) is 5.89. The second-order valence-corrected chi connectivity index (χ2v) is 9.19. The SMILES string of the molecule is CC(NC(=O)c1cccc(NC(=O)CSc2nncn2C)c1)C1CC2CCC1C2. The minimum absolute atomic E-state index is 0.0789. The van der Waals surface area contributed by atoms with Gasteiger partial charge >= 0.3 is 0 Å². The molecule has 1 aromatic carbocycles. The average Bonchev–Trinajstić information content (AvgIpc) is 3.43. The van der Waals surface area contributed by atoms with E-state index in [1.54, 1.807) is 35.2 Å². The normalized spacial score (nSPS) is 23.7. The van der Waals surface area contributed by atoms with Crippen molar-refractivity contribution >= 4 is 29.3 Å². The van der Waals surface area contributed by atoms with Crippen LogP contribution in [-0.2, 0) is 11.8 Å². The molecule has 0 spiro atoms. The number of nitrogens with zero attached hydrogens (tertiary/aromatic N) is 3. The number of aromatic nitrogens is 3. The third kappa shape index (κ3) is 4.63. The van der Waals surface area contributed by atoms with Crippen molar-refractivity contribution in [2.24, 2.45) is 24.8 Å². The fraction of sp³-hybridized carbons (Fsp3) is 0.524. The maximum absolute atomic E-state index is 12.7. The van der Waals surface area contributed by atoms with Crippen LogP contribution in [0.25, 0.3) is 0 Å². The van der Waals surface area contributed by atoms with E-state index in [1.165, 1.54) is 37.4 Å². The van der Waals surface area contributed by atoms with E-state index in [2.05, 4.69) is 27.8 Å². The molecule has 0 aliphatic heterocycles. The maximum Gasteiger partial charge on any atom is 0.251 e. The molecule has 2 aliphatic rings. The molecule has 4 unspecified atom stereocenters. The van der Waals surface area contributed by atoms with Crippen LogP contribution in [0.3, 0.4) is 0 Å². The quantitative estimate of drug-likeness (QED) is 0.681. The van der Waals surface area contributed by atoms with Gasteiger partial charge in [-0.1, -0.05) is 24.2 Å². The number of hydrogen-bond acceptors (Lipinski definition) is 5. The summed E-state index contributed by atoms with van der Waals surface area (Å²) in [6, 6.07) is 7.28. The van der Waals surface area contributed by atoms with Gasteiger partial charge in [0.05, 0.1) is 5.75 Å². The van der Waals surface area contributed by atoms with Crippen LogP contribution < -0.4 is 10.6 Å². The monoisotopic (exact) mass is 413 g/mol. The highest BCUT2D eigenvalue weighted by molar-refractivity contribution is 7.99. The summed E-state index contributed by atoms with van der Waals surface area (Å²) in [7, 11) is 1.83. The molecule has 8 heteroatoms. The summed E-state index contributed by atoms with van der Waals surface area (Å²) in [6.45, 7) is 2.12. The van der Waals surface area contributed by atoms with Crippen LogP contribution in [0, 0.1) is 17.8 Å². The summed E-state index contributed by atoms with van der Waals surface area (Å²) in [4.78, 5) is 25.0. The number of carbonyl (C=O) groups is 2. The predicted molar refractivity (Wildman–Crippen MR) is 113 cm³/mol. The Bertz CT molecular complexity index is 899. The second kappa shape index (κ2) is 8.57. The fourth-order valence-corrected chi connectivity index (χ4v) is 5.46. The number of nitrogens with one attached hydrogen (secondary N) is 2. The van der Waals surface area contributed by atoms with Crippen molar-refractivity contribution in [2.75, 3.05) is 11.1 Å². The zero-order chi connectivity index (χ0) is 20.4. The Morgan fingerprint density at radius 1 is 1.31 bits per heavy atom. The van der Waals surface area contributed by atoms with Gasteiger partial charge < -0.3 is 15.2 Å². The molecule has 4 atom stereocenters. The Hall–Kier alpha value is -2.35. The zero-order valence-corrected chi connectivity index (χ0v) is 17.6. The molecule has 4 rings (SSSR count). The van der Waals surface area contributed by atoms with E-state index in [4.69, 9.17) is 0 Å². The number of anilines is 1. The van der Waals surface area contributed by atoms with Crippen LogP contribution in [0.5, 0.6) is 0 Å². The Morgan fingerprint density at radius 3 is 2.86 bits per heavy atom.